The molecule has 0 amide bonds. The monoisotopic (exact) mass is 294 g/mol. The first-order valence-electron chi connectivity index (χ1n) is 8.86. The van der Waals surface area contributed by atoms with Gasteiger partial charge in [0.15, 0.2) is 0 Å². The van der Waals surface area contributed by atoms with Crippen LogP contribution in [-0.2, 0) is 0 Å². The Morgan fingerprint density at radius 3 is 1.75 bits per heavy atom. The van der Waals surface area contributed by atoms with Crippen LogP contribution in [0.4, 0.5) is 0 Å². The van der Waals surface area contributed by atoms with Gasteiger partial charge in [-0.2, -0.15) is 0 Å². The summed E-state index contributed by atoms with van der Waals surface area (Å²) in [6.45, 7) is 14.4. The molecule has 2 rings (SSSR count). The second-order valence-electron chi connectivity index (χ2n) is 6.82. The molecule has 116 valence electrons. The van der Waals surface area contributed by atoms with Crippen molar-refractivity contribution >= 4 is 8.80 Å². The van der Waals surface area contributed by atoms with Crippen LogP contribution in [0.5, 0.6) is 0 Å². The first kappa shape index (κ1) is 16.3. The Hall–Kier alpha value is -0.123. The maximum atomic E-state index is 4.24. The average molecular weight is 295 g/mol. The third-order valence-electron chi connectivity index (χ3n) is 5.58. The van der Waals surface area contributed by atoms with Gasteiger partial charge in [0.25, 0.3) is 0 Å². The van der Waals surface area contributed by atoms with Gasteiger partial charge in [0.1, 0.15) is 8.80 Å². The number of piperidine rings is 2. The van der Waals surface area contributed by atoms with E-state index in [2.05, 4.69) is 35.9 Å². The highest BCUT2D eigenvalue weighted by Gasteiger charge is 2.43. The summed E-state index contributed by atoms with van der Waals surface area (Å²) in [5.74, 6) is 0. The molecule has 2 fully saturated rings. The van der Waals surface area contributed by atoms with Gasteiger partial charge in [-0.15, -0.1) is 12.3 Å². The predicted octanol–water partition coefficient (Wildman–Crippen LogP) is 3.58. The van der Waals surface area contributed by atoms with Crippen molar-refractivity contribution in [1.82, 2.24) is 9.80 Å². The van der Waals surface area contributed by atoms with E-state index >= 15 is 0 Å². The van der Waals surface area contributed by atoms with E-state index in [0.717, 1.165) is 0 Å². The third-order valence-corrected chi connectivity index (χ3v) is 9.48. The number of hydrogen-bond acceptors (Lipinski definition) is 2. The maximum absolute atomic E-state index is 4.24. The molecule has 0 radical (unpaired) electrons. The van der Waals surface area contributed by atoms with Gasteiger partial charge in [0.2, 0.25) is 0 Å². The van der Waals surface area contributed by atoms with E-state index in [1.165, 1.54) is 77.2 Å². The van der Waals surface area contributed by atoms with Gasteiger partial charge in [-0.3, -0.25) is 9.80 Å². The molecule has 2 nitrogen and oxygen atoms in total. The lowest BCUT2D eigenvalue weighted by molar-refractivity contribution is -0.00915. The molecule has 2 aliphatic rings. The van der Waals surface area contributed by atoms with Crippen molar-refractivity contribution in [2.45, 2.75) is 70.1 Å². The Bertz CT molecular complexity index is 275. The molecule has 1 atom stereocenters. The van der Waals surface area contributed by atoms with Crippen LogP contribution >= 0.6 is 0 Å². The number of rotatable bonds is 6. The van der Waals surface area contributed by atoms with Crippen LogP contribution in [0.25, 0.3) is 0 Å². The minimum Gasteiger partial charge on any atom is -0.288 e. The summed E-state index contributed by atoms with van der Waals surface area (Å²) in [6, 6.07) is 1.41. The van der Waals surface area contributed by atoms with Crippen molar-refractivity contribution in [3.05, 3.63) is 12.3 Å². The number of hydrogen-bond donors (Lipinski definition) is 0. The summed E-state index contributed by atoms with van der Waals surface area (Å²) in [7, 11) is -0.974. The SMILES string of the molecule is C=C[SiH](CCC)C(C)(N1CCCCC1)N1CCCCC1. The van der Waals surface area contributed by atoms with Gasteiger partial charge in [-0.1, -0.05) is 32.2 Å². The molecule has 0 bridgehead atoms. The minimum atomic E-state index is -0.974. The smallest absolute Gasteiger partial charge is 0.102 e. The Labute approximate surface area is 127 Å². The summed E-state index contributed by atoms with van der Waals surface area (Å²) < 4.78 is 0. The molecule has 1 unspecified atom stereocenters. The molecule has 2 saturated heterocycles. The van der Waals surface area contributed by atoms with E-state index < -0.39 is 8.80 Å². The Kier molecular flexibility index (Phi) is 6.31. The van der Waals surface area contributed by atoms with E-state index in [1.807, 2.05) is 0 Å². The maximum Gasteiger partial charge on any atom is 0.102 e. The summed E-state index contributed by atoms with van der Waals surface area (Å²) in [4.78, 5) is 5.69. The summed E-state index contributed by atoms with van der Waals surface area (Å²) >= 11 is 0. The normalized spacial score (nSPS) is 24.5. The van der Waals surface area contributed by atoms with Crippen molar-refractivity contribution in [2.75, 3.05) is 26.2 Å². The molecule has 0 saturated carbocycles. The highest BCUT2D eigenvalue weighted by Crippen LogP contribution is 2.32. The lowest BCUT2D eigenvalue weighted by Crippen LogP contribution is -2.68. The van der Waals surface area contributed by atoms with Crippen LogP contribution in [0.15, 0.2) is 12.3 Å². The van der Waals surface area contributed by atoms with Crippen molar-refractivity contribution in [1.29, 1.82) is 0 Å². The molecule has 0 spiro atoms. The second kappa shape index (κ2) is 7.76. The summed E-state index contributed by atoms with van der Waals surface area (Å²) in [5, 5.41) is 0.346. The summed E-state index contributed by atoms with van der Waals surface area (Å²) in [5.41, 5.74) is 2.38. The van der Waals surface area contributed by atoms with E-state index in [-0.39, 0.29) is 0 Å². The van der Waals surface area contributed by atoms with Crippen LogP contribution < -0.4 is 0 Å². The van der Waals surface area contributed by atoms with Gasteiger partial charge in [-0.25, -0.2) is 0 Å². The lowest BCUT2D eigenvalue weighted by Gasteiger charge is -2.54. The molecular weight excluding hydrogens is 260 g/mol. The lowest BCUT2D eigenvalue weighted by atomic mass is 10.1. The van der Waals surface area contributed by atoms with Crippen LogP contribution in [0.1, 0.15) is 58.8 Å². The Morgan fingerprint density at radius 2 is 1.40 bits per heavy atom. The molecule has 0 aromatic rings. The van der Waals surface area contributed by atoms with Crippen LogP contribution in [0.2, 0.25) is 6.04 Å². The fraction of sp³-hybridized carbons (Fsp3) is 0.882. The highest BCUT2D eigenvalue weighted by molar-refractivity contribution is 6.67. The standard InChI is InChI=1S/C17H34N2Si/c1-4-16-20(5-2)17(3,18-12-8-6-9-13-18)19-14-10-7-11-15-19/h5,20H,2,4,6-16H2,1,3H3. The molecule has 2 aliphatic heterocycles. The topological polar surface area (TPSA) is 6.48 Å². The first-order chi connectivity index (χ1) is 9.73. The Morgan fingerprint density at radius 1 is 0.950 bits per heavy atom. The van der Waals surface area contributed by atoms with Crippen molar-refractivity contribution < 1.29 is 0 Å². The molecule has 0 aromatic carbocycles. The fourth-order valence-electron chi connectivity index (χ4n) is 4.29. The van der Waals surface area contributed by atoms with Gasteiger partial charge in [0.05, 0.1) is 5.29 Å². The predicted molar refractivity (Wildman–Crippen MR) is 91.7 cm³/mol. The van der Waals surface area contributed by atoms with Crippen molar-refractivity contribution in [3.63, 3.8) is 0 Å². The van der Waals surface area contributed by atoms with Crippen molar-refractivity contribution in [3.8, 4) is 0 Å². The number of likely N-dealkylation sites (tertiary alicyclic amines) is 2. The highest BCUT2D eigenvalue weighted by atomic mass is 28.3. The molecule has 3 heteroatoms. The second-order valence-corrected chi connectivity index (χ2v) is 10.2. The van der Waals surface area contributed by atoms with Crippen LogP contribution in [0, 0.1) is 0 Å². The van der Waals surface area contributed by atoms with Crippen LogP contribution in [-0.4, -0.2) is 50.1 Å². The van der Waals surface area contributed by atoms with Gasteiger partial charge >= 0.3 is 0 Å². The van der Waals surface area contributed by atoms with Gasteiger partial charge in [-0.05, 0) is 58.8 Å². The number of nitrogens with zero attached hydrogens (tertiary/aromatic N) is 2. The molecule has 2 heterocycles. The molecule has 0 aliphatic carbocycles. The quantitative estimate of drug-likeness (QED) is 0.691. The zero-order valence-corrected chi connectivity index (χ0v) is 14.9. The van der Waals surface area contributed by atoms with E-state index in [9.17, 15) is 0 Å². The van der Waals surface area contributed by atoms with Crippen LogP contribution in [0.3, 0.4) is 0 Å². The van der Waals surface area contributed by atoms with E-state index in [0.29, 0.717) is 5.29 Å². The largest absolute Gasteiger partial charge is 0.288 e. The first-order valence-corrected chi connectivity index (χ1v) is 10.9. The van der Waals surface area contributed by atoms with E-state index in [1.54, 1.807) is 0 Å². The zero-order chi connectivity index (χ0) is 14.4. The zero-order valence-electron chi connectivity index (χ0n) is 13.7. The van der Waals surface area contributed by atoms with Gasteiger partial charge < -0.3 is 0 Å². The average Bonchev–Trinajstić information content (AvgIpc) is 2.53. The van der Waals surface area contributed by atoms with E-state index in [4.69, 9.17) is 0 Å². The fourth-order valence-corrected chi connectivity index (χ4v) is 7.59. The van der Waals surface area contributed by atoms with Gasteiger partial charge in [0, 0.05) is 0 Å². The molecule has 20 heavy (non-hydrogen) atoms. The Balaban J connectivity index is 2.21. The summed E-state index contributed by atoms with van der Waals surface area (Å²) in [6.07, 6.45) is 9.77. The third kappa shape index (κ3) is 3.37. The minimum absolute atomic E-state index is 0.346. The molecule has 0 N–H and O–H groups in total. The molecular formula is C17H34N2Si. The molecule has 0 aromatic heterocycles. The van der Waals surface area contributed by atoms with Crippen molar-refractivity contribution in [2.24, 2.45) is 0 Å².